The molecule has 0 aromatic heterocycles. The summed E-state index contributed by atoms with van der Waals surface area (Å²) in [5.41, 5.74) is 0.518. The van der Waals surface area contributed by atoms with E-state index in [2.05, 4.69) is 5.32 Å². The minimum Gasteiger partial charge on any atom is -0.394 e. The van der Waals surface area contributed by atoms with Gasteiger partial charge in [-0.1, -0.05) is 26.0 Å². The van der Waals surface area contributed by atoms with Gasteiger partial charge in [0.1, 0.15) is 4.90 Å². The number of aliphatic hydroxyl groups is 1. The summed E-state index contributed by atoms with van der Waals surface area (Å²) in [6.07, 6.45) is 0. The summed E-state index contributed by atoms with van der Waals surface area (Å²) in [6, 6.07) is 6.54. The van der Waals surface area contributed by atoms with Crippen molar-refractivity contribution < 1.29 is 13.5 Å². The molecule has 0 bridgehead atoms. The molecule has 1 atom stereocenters. The van der Waals surface area contributed by atoms with Crippen molar-refractivity contribution in [2.75, 3.05) is 26.0 Å². The Morgan fingerprint density at radius 3 is 2.32 bits per heavy atom. The van der Waals surface area contributed by atoms with E-state index in [-0.39, 0.29) is 23.5 Å². The summed E-state index contributed by atoms with van der Waals surface area (Å²) in [5, 5.41) is 12.4. The van der Waals surface area contributed by atoms with E-state index >= 15 is 0 Å². The van der Waals surface area contributed by atoms with E-state index < -0.39 is 10.0 Å². The van der Waals surface area contributed by atoms with Crippen molar-refractivity contribution in [2.45, 2.75) is 24.8 Å². The van der Waals surface area contributed by atoms with E-state index in [1.165, 1.54) is 18.4 Å². The topological polar surface area (TPSA) is 69.6 Å². The monoisotopic (exact) mass is 286 g/mol. The number of hydrogen-bond donors (Lipinski definition) is 2. The van der Waals surface area contributed by atoms with Gasteiger partial charge in [-0.2, -0.15) is 0 Å². The molecule has 0 aliphatic rings. The lowest BCUT2D eigenvalue weighted by atomic mass is 10.1. The minimum absolute atomic E-state index is 0.0476. The van der Waals surface area contributed by atoms with Gasteiger partial charge in [-0.25, -0.2) is 12.7 Å². The Kier molecular flexibility index (Phi) is 5.34. The van der Waals surface area contributed by atoms with E-state index in [0.29, 0.717) is 5.69 Å². The van der Waals surface area contributed by atoms with Crippen molar-refractivity contribution in [3.8, 4) is 0 Å². The number of anilines is 1. The number of aliphatic hydroxyl groups excluding tert-OH is 1. The molecule has 2 N–H and O–H groups in total. The van der Waals surface area contributed by atoms with Crippen LogP contribution >= 0.6 is 0 Å². The average molecular weight is 286 g/mol. The lowest BCUT2D eigenvalue weighted by Crippen LogP contribution is -2.31. The van der Waals surface area contributed by atoms with Gasteiger partial charge in [-0.05, 0) is 18.1 Å². The Labute approximate surface area is 115 Å². The number of para-hydroxylation sites is 1. The van der Waals surface area contributed by atoms with Crippen LogP contribution in [0.4, 0.5) is 5.69 Å². The summed E-state index contributed by atoms with van der Waals surface area (Å²) in [6.45, 7) is 3.89. The molecule has 0 saturated heterocycles. The first-order chi connectivity index (χ1) is 8.80. The molecule has 19 heavy (non-hydrogen) atoms. The van der Waals surface area contributed by atoms with Crippen LogP contribution in [-0.2, 0) is 10.0 Å². The molecule has 0 aliphatic heterocycles. The molecular formula is C13H22N2O3S. The smallest absolute Gasteiger partial charge is 0.244 e. The molecule has 1 aromatic carbocycles. The van der Waals surface area contributed by atoms with E-state index in [0.717, 1.165) is 0 Å². The molecule has 6 heteroatoms. The lowest BCUT2D eigenvalue weighted by Gasteiger charge is -2.23. The highest BCUT2D eigenvalue weighted by atomic mass is 32.2. The number of nitrogens with one attached hydrogen (secondary N) is 1. The maximum Gasteiger partial charge on any atom is 0.244 e. The number of rotatable bonds is 6. The molecule has 0 spiro atoms. The Balaban J connectivity index is 3.17. The molecule has 0 fully saturated rings. The van der Waals surface area contributed by atoms with E-state index in [1.807, 2.05) is 13.8 Å². The molecule has 0 aliphatic carbocycles. The van der Waals surface area contributed by atoms with Gasteiger partial charge in [0, 0.05) is 14.1 Å². The third kappa shape index (κ3) is 3.68. The van der Waals surface area contributed by atoms with Crippen molar-refractivity contribution >= 4 is 15.7 Å². The zero-order valence-electron chi connectivity index (χ0n) is 11.8. The predicted octanol–water partition coefficient (Wildman–Crippen LogP) is 1.37. The molecule has 0 heterocycles. The number of benzene rings is 1. The Morgan fingerprint density at radius 1 is 1.26 bits per heavy atom. The van der Waals surface area contributed by atoms with Crippen LogP contribution in [-0.4, -0.2) is 44.6 Å². The maximum atomic E-state index is 12.2. The third-order valence-electron chi connectivity index (χ3n) is 2.99. The summed E-state index contributed by atoms with van der Waals surface area (Å²) in [7, 11) is -0.502. The molecule has 1 unspecified atom stereocenters. The van der Waals surface area contributed by atoms with Gasteiger partial charge in [0.2, 0.25) is 10.0 Å². The number of hydrogen-bond acceptors (Lipinski definition) is 4. The highest BCUT2D eigenvalue weighted by Gasteiger charge is 2.22. The van der Waals surface area contributed by atoms with Crippen LogP contribution < -0.4 is 5.32 Å². The maximum absolute atomic E-state index is 12.2. The van der Waals surface area contributed by atoms with E-state index in [1.54, 1.807) is 24.3 Å². The SMILES string of the molecule is CC(C)C(CO)Nc1ccccc1S(=O)(=O)N(C)C. The first-order valence-electron chi connectivity index (χ1n) is 6.19. The summed E-state index contributed by atoms with van der Waals surface area (Å²) in [5.74, 6) is 0.195. The van der Waals surface area contributed by atoms with Crippen molar-refractivity contribution in [1.29, 1.82) is 0 Å². The van der Waals surface area contributed by atoms with Crippen LogP contribution in [0.1, 0.15) is 13.8 Å². The second-order valence-electron chi connectivity index (χ2n) is 4.96. The summed E-state index contributed by atoms with van der Waals surface area (Å²) < 4.78 is 25.6. The second kappa shape index (κ2) is 6.36. The largest absolute Gasteiger partial charge is 0.394 e. The quantitative estimate of drug-likeness (QED) is 0.828. The molecule has 5 nitrogen and oxygen atoms in total. The molecule has 1 rings (SSSR count). The van der Waals surface area contributed by atoms with Crippen LogP contribution in [0.15, 0.2) is 29.2 Å². The van der Waals surface area contributed by atoms with E-state index in [4.69, 9.17) is 0 Å². The van der Waals surface area contributed by atoms with Crippen molar-refractivity contribution in [3.63, 3.8) is 0 Å². The average Bonchev–Trinajstić information content (AvgIpc) is 2.35. The molecule has 0 radical (unpaired) electrons. The molecule has 1 aromatic rings. The third-order valence-corrected chi connectivity index (χ3v) is 4.86. The van der Waals surface area contributed by atoms with Crippen LogP contribution in [0.3, 0.4) is 0 Å². The van der Waals surface area contributed by atoms with Gasteiger partial charge in [0.05, 0.1) is 18.3 Å². The zero-order chi connectivity index (χ0) is 14.6. The fourth-order valence-electron chi connectivity index (χ4n) is 1.63. The Hall–Kier alpha value is -1.11. The van der Waals surface area contributed by atoms with Crippen molar-refractivity contribution in [2.24, 2.45) is 5.92 Å². The van der Waals surface area contributed by atoms with Crippen molar-refractivity contribution in [1.82, 2.24) is 4.31 Å². The normalized spacial score (nSPS) is 13.8. The molecule has 0 amide bonds. The first-order valence-corrected chi connectivity index (χ1v) is 7.63. The number of sulfonamides is 1. The summed E-state index contributed by atoms with van der Waals surface area (Å²) >= 11 is 0. The predicted molar refractivity (Wildman–Crippen MR) is 76.6 cm³/mol. The van der Waals surface area contributed by atoms with Gasteiger partial charge in [0.15, 0.2) is 0 Å². The van der Waals surface area contributed by atoms with Crippen LogP contribution in [0, 0.1) is 5.92 Å². The van der Waals surface area contributed by atoms with Gasteiger partial charge in [0.25, 0.3) is 0 Å². The van der Waals surface area contributed by atoms with Crippen molar-refractivity contribution in [3.05, 3.63) is 24.3 Å². The fourth-order valence-corrected chi connectivity index (χ4v) is 2.68. The fraction of sp³-hybridized carbons (Fsp3) is 0.538. The van der Waals surface area contributed by atoms with Gasteiger partial charge in [-0.3, -0.25) is 0 Å². The highest BCUT2D eigenvalue weighted by Crippen LogP contribution is 2.24. The molecular weight excluding hydrogens is 264 g/mol. The highest BCUT2D eigenvalue weighted by molar-refractivity contribution is 7.89. The number of nitrogens with zero attached hydrogens (tertiary/aromatic N) is 1. The second-order valence-corrected chi connectivity index (χ2v) is 7.08. The molecule has 0 saturated carbocycles. The Bertz CT molecular complexity index is 512. The minimum atomic E-state index is -3.50. The van der Waals surface area contributed by atoms with Gasteiger partial charge >= 0.3 is 0 Å². The van der Waals surface area contributed by atoms with Crippen LogP contribution in [0.2, 0.25) is 0 Å². The standard InChI is InChI=1S/C13H22N2O3S/c1-10(2)12(9-16)14-11-7-5-6-8-13(11)19(17,18)15(3)4/h5-8,10,12,14,16H,9H2,1-4H3. The van der Waals surface area contributed by atoms with Crippen LogP contribution in [0.5, 0.6) is 0 Å². The first kappa shape index (κ1) is 15.9. The molecule has 108 valence electrons. The lowest BCUT2D eigenvalue weighted by molar-refractivity contribution is 0.249. The Morgan fingerprint density at radius 2 is 1.84 bits per heavy atom. The van der Waals surface area contributed by atoms with E-state index in [9.17, 15) is 13.5 Å². The van der Waals surface area contributed by atoms with Crippen LogP contribution in [0.25, 0.3) is 0 Å². The summed E-state index contributed by atoms with van der Waals surface area (Å²) in [4.78, 5) is 0.221. The zero-order valence-corrected chi connectivity index (χ0v) is 12.6. The van der Waals surface area contributed by atoms with Gasteiger partial charge in [-0.15, -0.1) is 0 Å². The van der Waals surface area contributed by atoms with Gasteiger partial charge < -0.3 is 10.4 Å².